The van der Waals surface area contributed by atoms with Crippen molar-refractivity contribution in [1.29, 1.82) is 0 Å². The van der Waals surface area contributed by atoms with E-state index in [1.54, 1.807) is 28.7 Å². The molecule has 1 fully saturated rings. The van der Waals surface area contributed by atoms with E-state index in [1.165, 1.54) is 12.7 Å². The van der Waals surface area contributed by atoms with Crippen LogP contribution in [0.15, 0.2) is 36.9 Å². The lowest BCUT2D eigenvalue weighted by Crippen LogP contribution is -2.53. The fraction of sp³-hybridized carbons (Fsp3) is 0.455. The van der Waals surface area contributed by atoms with Crippen molar-refractivity contribution in [2.45, 2.75) is 36.9 Å². The Kier molecular flexibility index (Phi) is 10.2. The summed E-state index contributed by atoms with van der Waals surface area (Å²) in [6.07, 6.45) is 0.250. The minimum Gasteiger partial charge on any atom is -0.497 e. The topological polar surface area (TPSA) is 161 Å². The van der Waals surface area contributed by atoms with Gasteiger partial charge in [-0.05, 0) is 24.1 Å². The van der Waals surface area contributed by atoms with E-state index in [-0.39, 0.29) is 24.8 Å². The molecule has 5 atom stereocenters. The summed E-state index contributed by atoms with van der Waals surface area (Å²) in [5.41, 5.74) is 7.98. The molecule has 3 heterocycles. The van der Waals surface area contributed by atoms with Crippen LogP contribution in [-0.4, -0.2) is 87.7 Å². The molecule has 1 aliphatic rings. The minimum absolute atomic E-state index is 0. The number of nitrogens with one attached hydrogen (secondary N) is 1. The first-order valence-electron chi connectivity index (χ1n) is 10.8. The number of nitrogens with two attached hydrogens (primary N) is 1. The molecule has 0 spiro atoms. The Bertz CT molecular complexity index is 1150. The van der Waals surface area contributed by atoms with Crippen molar-refractivity contribution < 1.29 is 24.5 Å². The quantitative estimate of drug-likeness (QED) is 0.305. The first-order chi connectivity index (χ1) is 16.3. The molecule has 0 bridgehead atoms. The van der Waals surface area contributed by atoms with Gasteiger partial charge in [-0.2, -0.15) is 0 Å². The molecule has 1 unspecified atom stereocenters. The molecular formula is C22H31Cl2N7O5. The number of amides is 1. The number of ether oxygens (including phenoxy) is 2. The van der Waals surface area contributed by atoms with Crippen LogP contribution in [0, 0.1) is 0 Å². The molecule has 3 aromatic rings. The van der Waals surface area contributed by atoms with Crippen molar-refractivity contribution in [1.82, 2.24) is 24.8 Å². The maximum absolute atomic E-state index is 12.8. The van der Waals surface area contributed by atoms with E-state index in [4.69, 9.17) is 15.2 Å². The smallest absolute Gasteiger partial charge is 0.237 e. The number of hydrogen-bond donors (Lipinski definition) is 4. The maximum atomic E-state index is 12.8. The summed E-state index contributed by atoms with van der Waals surface area (Å²) in [4.78, 5) is 27.5. The van der Waals surface area contributed by atoms with E-state index in [1.807, 2.05) is 26.2 Å². The number of aliphatic hydroxyl groups is 2. The molecule has 0 aliphatic carbocycles. The molecule has 14 heteroatoms. The fourth-order valence-corrected chi connectivity index (χ4v) is 4.04. The van der Waals surface area contributed by atoms with Crippen LogP contribution in [0.2, 0.25) is 0 Å². The van der Waals surface area contributed by atoms with E-state index in [9.17, 15) is 15.0 Å². The van der Waals surface area contributed by atoms with Gasteiger partial charge in [-0.15, -0.1) is 24.8 Å². The summed E-state index contributed by atoms with van der Waals surface area (Å²) in [7, 11) is 5.25. The van der Waals surface area contributed by atoms with Crippen LogP contribution in [0.1, 0.15) is 11.8 Å². The van der Waals surface area contributed by atoms with Gasteiger partial charge in [-0.25, -0.2) is 15.0 Å². The van der Waals surface area contributed by atoms with Gasteiger partial charge in [0, 0.05) is 14.1 Å². The average Bonchev–Trinajstić information content (AvgIpc) is 3.40. The molecule has 5 N–H and O–H groups in total. The molecule has 1 aromatic carbocycles. The number of hydrogen-bond acceptors (Lipinski definition) is 10. The number of halogens is 2. The van der Waals surface area contributed by atoms with Gasteiger partial charge < -0.3 is 35.6 Å². The highest BCUT2D eigenvalue weighted by molar-refractivity contribution is 5.86. The van der Waals surface area contributed by atoms with Crippen molar-refractivity contribution in [3.8, 4) is 5.75 Å². The van der Waals surface area contributed by atoms with E-state index < -0.39 is 43.0 Å². The maximum Gasteiger partial charge on any atom is 0.237 e. The van der Waals surface area contributed by atoms with E-state index in [2.05, 4.69) is 20.3 Å². The zero-order valence-corrected chi connectivity index (χ0v) is 21.6. The molecule has 0 saturated carbocycles. The summed E-state index contributed by atoms with van der Waals surface area (Å²) in [5.74, 6) is 0.861. The van der Waals surface area contributed by atoms with E-state index >= 15 is 0 Å². The van der Waals surface area contributed by atoms with Crippen molar-refractivity contribution in [2.24, 2.45) is 5.73 Å². The van der Waals surface area contributed by atoms with Crippen LogP contribution in [0.3, 0.4) is 0 Å². The second kappa shape index (κ2) is 12.5. The van der Waals surface area contributed by atoms with Gasteiger partial charge in [0.1, 0.15) is 24.3 Å². The number of nitrogens with zero attached hydrogens (tertiary/aromatic N) is 5. The predicted octanol–water partition coefficient (Wildman–Crippen LogP) is 0.0499. The summed E-state index contributed by atoms with van der Waals surface area (Å²) < 4.78 is 12.6. The molecule has 4 rings (SSSR count). The number of rotatable bonds is 8. The molecule has 36 heavy (non-hydrogen) atoms. The van der Waals surface area contributed by atoms with Crippen LogP contribution >= 0.6 is 24.8 Å². The van der Waals surface area contributed by atoms with Gasteiger partial charge in [0.2, 0.25) is 5.91 Å². The van der Waals surface area contributed by atoms with E-state index in [0.29, 0.717) is 29.2 Å². The standard InChI is InChI=1S/C22H29N7O5.2ClH/c1-28(2)19-17-20(25-10-24-19)29(11-26-17)22-18(31)16(15(9-30)34-22)27-21(32)14(23)8-12-4-6-13(33-3)7-5-12;;/h4-7,10-11,14-16,18,22,30-31H,8-9,23H2,1-3H3,(H,27,32);2*1H/t14?,15-,16-,18-,22+;;/m1../s1. The van der Waals surface area contributed by atoms with Gasteiger partial charge in [0.25, 0.3) is 0 Å². The number of carbonyl (C=O) groups is 1. The minimum atomic E-state index is -1.18. The Balaban J connectivity index is 0.00000228. The first kappa shape index (κ1) is 29.5. The van der Waals surface area contributed by atoms with Crippen molar-refractivity contribution in [3.63, 3.8) is 0 Å². The summed E-state index contributed by atoms with van der Waals surface area (Å²) in [6, 6.07) is 5.52. The number of aromatic nitrogens is 4. The largest absolute Gasteiger partial charge is 0.497 e. The van der Waals surface area contributed by atoms with Crippen LogP contribution in [0.4, 0.5) is 5.82 Å². The van der Waals surface area contributed by atoms with Gasteiger partial charge in [-0.3, -0.25) is 9.36 Å². The summed E-state index contributed by atoms with van der Waals surface area (Å²) >= 11 is 0. The predicted molar refractivity (Wildman–Crippen MR) is 138 cm³/mol. The van der Waals surface area contributed by atoms with Crippen LogP contribution in [-0.2, 0) is 16.0 Å². The fourth-order valence-electron chi connectivity index (χ4n) is 4.04. The number of imidazole rings is 1. The Labute approximate surface area is 220 Å². The SMILES string of the molecule is COc1ccc(CC(N)C(=O)N[C@H]2[C@@H](O)[C@@H](n3cnc4c(N(C)C)ncnc43)O[C@@H]2CO)cc1.Cl.Cl. The lowest BCUT2D eigenvalue weighted by molar-refractivity contribution is -0.124. The van der Waals surface area contributed by atoms with Gasteiger partial charge in [0.05, 0.1) is 32.1 Å². The van der Waals surface area contributed by atoms with Crippen LogP contribution < -0.4 is 20.7 Å². The molecule has 1 aliphatic heterocycles. The number of aliphatic hydroxyl groups excluding tert-OH is 2. The third-order valence-electron chi connectivity index (χ3n) is 5.85. The zero-order valence-electron chi connectivity index (χ0n) is 20.0. The molecule has 1 amide bonds. The zero-order chi connectivity index (χ0) is 24.4. The Hall–Kier alpha value is -2.74. The Morgan fingerprint density at radius 2 is 1.94 bits per heavy atom. The Morgan fingerprint density at radius 3 is 2.56 bits per heavy atom. The molecular weight excluding hydrogens is 513 g/mol. The van der Waals surface area contributed by atoms with Crippen molar-refractivity contribution in [3.05, 3.63) is 42.5 Å². The van der Waals surface area contributed by atoms with Gasteiger partial charge in [-0.1, -0.05) is 12.1 Å². The summed E-state index contributed by atoms with van der Waals surface area (Å²) in [5, 5.41) is 23.6. The first-order valence-corrected chi connectivity index (χ1v) is 10.8. The van der Waals surface area contributed by atoms with Crippen LogP contribution in [0.5, 0.6) is 5.75 Å². The Morgan fingerprint density at radius 1 is 1.25 bits per heavy atom. The molecule has 0 radical (unpaired) electrons. The third-order valence-corrected chi connectivity index (χ3v) is 5.85. The van der Waals surface area contributed by atoms with E-state index in [0.717, 1.165) is 5.56 Å². The molecule has 12 nitrogen and oxygen atoms in total. The van der Waals surface area contributed by atoms with Crippen molar-refractivity contribution >= 4 is 47.7 Å². The highest BCUT2D eigenvalue weighted by Gasteiger charge is 2.46. The average molecular weight is 544 g/mol. The lowest BCUT2D eigenvalue weighted by Gasteiger charge is -2.23. The number of benzene rings is 1. The second-order valence-electron chi connectivity index (χ2n) is 8.35. The second-order valence-corrected chi connectivity index (χ2v) is 8.35. The lowest BCUT2D eigenvalue weighted by atomic mass is 10.0. The third kappa shape index (κ3) is 5.80. The highest BCUT2D eigenvalue weighted by Crippen LogP contribution is 2.32. The normalized spacial score (nSPS) is 21.8. The monoisotopic (exact) mass is 543 g/mol. The van der Waals surface area contributed by atoms with Gasteiger partial charge >= 0.3 is 0 Å². The number of carbonyl (C=O) groups excluding carboxylic acids is 1. The summed E-state index contributed by atoms with van der Waals surface area (Å²) in [6.45, 7) is -0.406. The number of anilines is 1. The number of fused-ring (bicyclic) bond motifs is 1. The van der Waals surface area contributed by atoms with Gasteiger partial charge in [0.15, 0.2) is 23.2 Å². The van der Waals surface area contributed by atoms with Crippen molar-refractivity contribution in [2.75, 3.05) is 32.7 Å². The van der Waals surface area contributed by atoms with Crippen LogP contribution in [0.25, 0.3) is 11.2 Å². The molecule has 198 valence electrons. The number of methoxy groups -OCH3 is 1. The molecule has 2 aromatic heterocycles. The molecule has 1 saturated heterocycles. The highest BCUT2D eigenvalue weighted by atomic mass is 35.5.